The minimum Gasteiger partial charge on any atom is -0.453 e. The van der Waals surface area contributed by atoms with Crippen LogP contribution in [-0.2, 0) is 33.3 Å². The van der Waals surface area contributed by atoms with Gasteiger partial charge in [0.2, 0.25) is 5.78 Å². The lowest BCUT2D eigenvalue weighted by molar-refractivity contribution is -0.177. The fourth-order valence-corrected chi connectivity index (χ4v) is 12.0. The molecular formula is C50H55ClF3NO7S. The third-order valence-electron chi connectivity index (χ3n) is 15.7. The molecule has 4 aromatic rings. The first-order chi connectivity index (χ1) is 29.6. The van der Waals surface area contributed by atoms with Crippen molar-refractivity contribution in [2.45, 2.75) is 128 Å². The maximum Gasteiger partial charge on any atom is 0.416 e. The Balaban J connectivity index is 1.19. The van der Waals surface area contributed by atoms with Gasteiger partial charge >= 0.3 is 12.1 Å². The van der Waals surface area contributed by atoms with Gasteiger partial charge in [0.1, 0.15) is 5.76 Å². The predicted octanol–water partition coefficient (Wildman–Crippen LogP) is 11.1. The fraction of sp³-hybridized carbons (Fsp3) is 0.500. The number of carbonyl (C=O) groups is 3. The van der Waals surface area contributed by atoms with Crippen molar-refractivity contribution in [3.63, 3.8) is 0 Å². The average Bonchev–Trinajstić information content (AvgIpc) is 4.04. The van der Waals surface area contributed by atoms with Crippen LogP contribution in [-0.4, -0.2) is 63.2 Å². The molecule has 4 bridgehead atoms. The highest BCUT2D eigenvalue weighted by molar-refractivity contribution is 7.09. The summed E-state index contributed by atoms with van der Waals surface area (Å²) in [7, 11) is 0. The minimum absolute atomic E-state index is 0.00238. The molecule has 1 aliphatic heterocycles. The van der Waals surface area contributed by atoms with E-state index in [1.165, 1.54) is 12.1 Å². The summed E-state index contributed by atoms with van der Waals surface area (Å²) in [6.07, 6.45) is 1.61. The van der Waals surface area contributed by atoms with Gasteiger partial charge in [0.05, 0.1) is 34.3 Å². The lowest BCUT2D eigenvalue weighted by Crippen LogP contribution is -2.60. The number of aliphatic hydroxyl groups is 2. The number of esters is 1. The van der Waals surface area contributed by atoms with Crippen molar-refractivity contribution in [2.75, 3.05) is 13.1 Å². The number of hydrogen-bond donors (Lipinski definition) is 2. The van der Waals surface area contributed by atoms with Crippen LogP contribution < -0.4 is 0 Å². The van der Waals surface area contributed by atoms with Gasteiger partial charge < -0.3 is 24.3 Å². The van der Waals surface area contributed by atoms with E-state index in [-0.39, 0.29) is 46.9 Å². The Morgan fingerprint density at radius 2 is 1.76 bits per heavy atom. The van der Waals surface area contributed by atoms with E-state index < -0.39 is 57.0 Å². The molecule has 1 amide bonds. The first-order valence-electron chi connectivity index (χ1n) is 21.9. The van der Waals surface area contributed by atoms with Gasteiger partial charge in [-0.15, -0.1) is 11.3 Å². The second kappa shape index (κ2) is 16.3. The van der Waals surface area contributed by atoms with Crippen LogP contribution in [0.5, 0.6) is 0 Å². The Morgan fingerprint density at radius 1 is 0.984 bits per heavy atom. The molecular weight excluding hydrogens is 851 g/mol. The smallest absolute Gasteiger partial charge is 0.416 e. The number of benzene rings is 2. The zero-order valence-electron chi connectivity index (χ0n) is 36.4. The van der Waals surface area contributed by atoms with E-state index in [1.807, 2.05) is 64.3 Å². The monoisotopic (exact) mass is 905 g/mol. The van der Waals surface area contributed by atoms with Crippen molar-refractivity contribution in [2.24, 2.45) is 16.2 Å². The molecule has 2 aromatic carbocycles. The van der Waals surface area contributed by atoms with Gasteiger partial charge in [-0.25, -0.2) is 0 Å². The maximum absolute atomic E-state index is 15.2. The summed E-state index contributed by atoms with van der Waals surface area (Å²) in [6.45, 7) is 10.1. The Labute approximate surface area is 375 Å². The number of alkyl halides is 3. The second-order valence-electron chi connectivity index (χ2n) is 19.4. The quantitative estimate of drug-likeness (QED) is 0.0976. The number of rotatable bonds is 9. The van der Waals surface area contributed by atoms with Gasteiger partial charge in [-0.2, -0.15) is 13.2 Å². The number of halogens is 4. The van der Waals surface area contributed by atoms with E-state index >= 15 is 4.79 Å². The number of amides is 1. The number of fused-ring (bicyclic) bond motifs is 10. The van der Waals surface area contributed by atoms with Crippen LogP contribution in [0.15, 0.2) is 82.1 Å². The van der Waals surface area contributed by atoms with Crippen LogP contribution in [0, 0.1) is 16.2 Å². The highest BCUT2D eigenvalue weighted by Gasteiger charge is 2.76. The van der Waals surface area contributed by atoms with Gasteiger partial charge in [-0.3, -0.25) is 14.4 Å². The topological polar surface area (TPSA) is 117 Å². The molecule has 13 heteroatoms. The molecule has 9 rings (SSSR count). The van der Waals surface area contributed by atoms with Crippen LogP contribution in [0.1, 0.15) is 130 Å². The molecule has 1 saturated heterocycles. The van der Waals surface area contributed by atoms with E-state index in [4.69, 9.17) is 20.8 Å². The Kier molecular flexibility index (Phi) is 11.8. The van der Waals surface area contributed by atoms with Crippen molar-refractivity contribution >= 4 is 40.6 Å². The number of furan rings is 1. The number of carbonyl (C=O) groups excluding carboxylic acids is 3. The van der Waals surface area contributed by atoms with Gasteiger partial charge in [0.15, 0.2) is 11.4 Å². The van der Waals surface area contributed by atoms with Crippen LogP contribution in [0.2, 0.25) is 5.02 Å². The Hall–Kier alpha value is -4.23. The summed E-state index contributed by atoms with van der Waals surface area (Å²) >= 11 is 7.96. The molecule has 336 valence electrons. The van der Waals surface area contributed by atoms with Crippen molar-refractivity contribution in [3.8, 4) is 11.3 Å². The van der Waals surface area contributed by atoms with Crippen molar-refractivity contribution in [1.82, 2.24) is 4.90 Å². The molecule has 6 atom stereocenters. The molecule has 3 heterocycles. The number of hydrogen-bond acceptors (Lipinski definition) is 8. The lowest BCUT2D eigenvalue weighted by atomic mass is 9.64. The number of thiophene rings is 1. The molecule has 63 heavy (non-hydrogen) atoms. The summed E-state index contributed by atoms with van der Waals surface area (Å²) in [5, 5.41) is 26.5. The molecule has 0 spiro atoms. The summed E-state index contributed by atoms with van der Waals surface area (Å²) in [4.78, 5) is 46.2. The standard InChI is InChI=1S/C50H55ClF3NO7S/c1-30-8-6-20-46(4)38(18-21-48(46,60)29-55(24-19-34-9-7-25-63-34)43(58)49-23-22-47(5,44(59)62-49)45(49,2)3)35-14-11-31(26-33(56)13-10-30)27-36(35)42(57)41-17-16-40(61-41)37-28-32(50(52,53)54)12-15-39(37)51/h7-9,11-12,14-17,25,27-28,33,38,56,60H,6,10,13,18-24,26,29H2,1-5H3/t33-,38-,46-,47-,48+,49+/m0/s1. The summed E-state index contributed by atoms with van der Waals surface area (Å²) in [5.74, 6) is -1.68. The van der Waals surface area contributed by atoms with E-state index in [1.54, 1.807) is 22.3 Å². The third-order valence-corrected chi connectivity index (χ3v) is 16.9. The zero-order chi connectivity index (χ0) is 45.3. The number of allylic oxidation sites excluding steroid dienone is 2. The minimum atomic E-state index is -4.62. The molecule has 8 nitrogen and oxygen atoms in total. The Bertz CT molecular complexity index is 2460. The first-order valence-corrected chi connectivity index (χ1v) is 23.1. The first kappa shape index (κ1) is 45.3. The largest absolute Gasteiger partial charge is 0.453 e. The molecule has 2 saturated carbocycles. The second-order valence-corrected chi connectivity index (χ2v) is 20.8. The number of ketones is 1. The number of aliphatic hydroxyl groups excluding tert-OH is 1. The van der Waals surface area contributed by atoms with Crippen LogP contribution in [0.4, 0.5) is 13.2 Å². The molecule has 0 unspecified atom stereocenters. The predicted molar refractivity (Wildman–Crippen MR) is 236 cm³/mol. The maximum atomic E-state index is 15.2. The van der Waals surface area contributed by atoms with E-state index in [9.17, 15) is 33.0 Å². The summed E-state index contributed by atoms with van der Waals surface area (Å²) in [6, 6.07) is 15.3. The summed E-state index contributed by atoms with van der Waals surface area (Å²) < 4.78 is 53.3. The Morgan fingerprint density at radius 3 is 2.44 bits per heavy atom. The molecule has 2 aromatic heterocycles. The third kappa shape index (κ3) is 7.70. The van der Waals surface area contributed by atoms with Gasteiger partial charge in [0, 0.05) is 33.4 Å². The van der Waals surface area contributed by atoms with Gasteiger partial charge in [0.25, 0.3) is 5.91 Å². The van der Waals surface area contributed by atoms with E-state index in [0.717, 1.165) is 34.2 Å². The lowest BCUT2D eigenvalue weighted by Gasteiger charge is -2.47. The fourth-order valence-electron chi connectivity index (χ4n) is 11.1. The van der Waals surface area contributed by atoms with Crippen LogP contribution in [0.25, 0.3) is 11.3 Å². The average molecular weight is 907 g/mol. The molecule has 4 aliphatic carbocycles. The van der Waals surface area contributed by atoms with Crippen LogP contribution in [0.3, 0.4) is 0 Å². The molecule has 0 radical (unpaired) electrons. The van der Waals surface area contributed by atoms with Crippen molar-refractivity contribution in [1.29, 1.82) is 0 Å². The van der Waals surface area contributed by atoms with Crippen molar-refractivity contribution < 1.29 is 46.9 Å². The normalized spacial score (nSPS) is 29.3. The van der Waals surface area contributed by atoms with Gasteiger partial charge in [-0.05, 0) is 143 Å². The number of ether oxygens (including phenoxy) is 1. The highest BCUT2D eigenvalue weighted by Crippen LogP contribution is 2.66. The van der Waals surface area contributed by atoms with Gasteiger partial charge in [-0.1, -0.05) is 62.2 Å². The van der Waals surface area contributed by atoms with Crippen molar-refractivity contribution in [3.05, 3.63) is 116 Å². The molecule has 2 N–H and O–H groups in total. The zero-order valence-corrected chi connectivity index (χ0v) is 37.9. The molecule has 5 aliphatic rings. The highest BCUT2D eigenvalue weighted by atomic mass is 35.5. The van der Waals surface area contributed by atoms with Crippen LogP contribution >= 0.6 is 22.9 Å². The number of nitrogens with zero attached hydrogens (tertiary/aromatic N) is 1. The van der Waals surface area contributed by atoms with E-state index in [0.29, 0.717) is 75.5 Å². The van der Waals surface area contributed by atoms with E-state index in [2.05, 4.69) is 6.08 Å². The SMILES string of the molecule is CC1=CCC[C@@]2(C)[C@@H](CC[C@@]2(O)CN(CCc2cccs2)C(=O)[C@@]23CC[C@@](C)(C(=O)O2)C3(C)C)c2ccc(cc2C(=O)c2ccc(-c3cc(C(F)(F)F)ccc3Cl)o2)C[C@@H](O)CC1. The molecule has 3 fully saturated rings. The summed E-state index contributed by atoms with van der Waals surface area (Å²) in [5.41, 5.74) is -3.48.